The van der Waals surface area contributed by atoms with Crippen LogP contribution < -0.4 is 14.8 Å². The number of fused-ring (bicyclic) bond motifs is 1. The Balaban J connectivity index is 1.91. The monoisotopic (exact) mass is 235 g/mol. The molecule has 2 atom stereocenters. The fraction of sp³-hybridized carbons (Fsp3) is 0.417. The summed E-state index contributed by atoms with van der Waals surface area (Å²) in [5, 5.41) is 12.0. The lowest BCUT2D eigenvalue weighted by Crippen LogP contribution is -2.31. The Kier molecular flexibility index (Phi) is 2.40. The average Bonchev–Trinajstić information content (AvgIpc) is 2.93. The molecule has 2 N–H and O–H groups in total. The van der Waals surface area contributed by atoms with Gasteiger partial charge >= 0.3 is 0 Å². The first kappa shape index (κ1) is 10.4. The van der Waals surface area contributed by atoms with Gasteiger partial charge in [-0.05, 0) is 17.7 Å². The fourth-order valence-corrected chi connectivity index (χ4v) is 2.38. The van der Waals surface area contributed by atoms with Gasteiger partial charge in [0.05, 0.1) is 12.6 Å². The van der Waals surface area contributed by atoms with Crippen molar-refractivity contribution in [2.45, 2.75) is 18.4 Å². The standard InChI is InChI=1S/C12H13NO4/c14-5-9-8(4-12(15)13-9)7-1-2-10-11(3-7)17-6-16-10/h1-3,8-9,14H,4-6H2,(H,13,15)/t8-,9+/m1/s1. The minimum atomic E-state index is -0.206. The lowest BCUT2D eigenvalue weighted by molar-refractivity contribution is -0.119. The van der Waals surface area contributed by atoms with Crippen molar-refractivity contribution in [2.24, 2.45) is 0 Å². The first-order valence-corrected chi connectivity index (χ1v) is 5.57. The molecule has 2 aliphatic heterocycles. The summed E-state index contributed by atoms with van der Waals surface area (Å²) in [5.74, 6) is 1.42. The molecule has 0 radical (unpaired) electrons. The van der Waals surface area contributed by atoms with E-state index in [9.17, 15) is 9.90 Å². The Bertz CT molecular complexity index is 460. The van der Waals surface area contributed by atoms with Crippen molar-refractivity contribution < 1.29 is 19.4 Å². The van der Waals surface area contributed by atoms with E-state index in [2.05, 4.69) is 5.32 Å². The number of aliphatic hydroxyl groups is 1. The molecule has 1 aromatic carbocycles. The number of amides is 1. The van der Waals surface area contributed by atoms with Gasteiger partial charge in [-0.25, -0.2) is 0 Å². The molecule has 1 fully saturated rings. The fourth-order valence-electron chi connectivity index (χ4n) is 2.38. The zero-order valence-electron chi connectivity index (χ0n) is 9.18. The molecule has 3 rings (SSSR count). The third-order valence-electron chi connectivity index (χ3n) is 3.26. The molecule has 1 saturated heterocycles. The topological polar surface area (TPSA) is 67.8 Å². The molecule has 0 bridgehead atoms. The molecule has 0 saturated carbocycles. The maximum Gasteiger partial charge on any atom is 0.231 e. The summed E-state index contributed by atoms with van der Waals surface area (Å²) in [4.78, 5) is 11.4. The predicted octanol–water partition coefficient (Wildman–Crippen LogP) is 0.380. The molecule has 2 aliphatic rings. The number of carbonyl (C=O) groups is 1. The summed E-state index contributed by atoms with van der Waals surface area (Å²) in [7, 11) is 0. The molecular weight excluding hydrogens is 222 g/mol. The maximum atomic E-state index is 11.4. The molecule has 0 aromatic heterocycles. The highest BCUT2D eigenvalue weighted by Gasteiger charge is 2.33. The molecule has 1 aromatic rings. The highest BCUT2D eigenvalue weighted by Crippen LogP contribution is 2.37. The molecule has 0 unspecified atom stereocenters. The van der Waals surface area contributed by atoms with Gasteiger partial charge in [0.1, 0.15) is 0 Å². The quantitative estimate of drug-likeness (QED) is 0.777. The van der Waals surface area contributed by atoms with Gasteiger partial charge in [0.2, 0.25) is 12.7 Å². The highest BCUT2D eigenvalue weighted by molar-refractivity contribution is 5.80. The molecule has 5 heteroatoms. The molecule has 17 heavy (non-hydrogen) atoms. The van der Waals surface area contributed by atoms with Crippen molar-refractivity contribution in [1.82, 2.24) is 5.32 Å². The van der Waals surface area contributed by atoms with Crippen LogP contribution in [-0.4, -0.2) is 30.5 Å². The summed E-state index contributed by atoms with van der Waals surface area (Å²) >= 11 is 0. The van der Waals surface area contributed by atoms with E-state index in [0.29, 0.717) is 12.2 Å². The second kappa shape index (κ2) is 3.92. The van der Waals surface area contributed by atoms with Crippen molar-refractivity contribution in [3.63, 3.8) is 0 Å². The van der Waals surface area contributed by atoms with E-state index in [-0.39, 0.29) is 31.3 Å². The van der Waals surface area contributed by atoms with E-state index in [4.69, 9.17) is 9.47 Å². The van der Waals surface area contributed by atoms with Crippen molar-refractivity contribution in [3.8, 4) is 11.5 Å². The number of benzene rings is 1. The van der Waals surface area contributed by atoms with Crippen LogP contribution in [0.2, 0.25) is 0 Å². The molecule has 2 heterocycles. The molecule has 1 amide bonds. The van der Waals surface area contributed by atoms with Gasteiger partial charge in [0, 0.05) is 12.3 Å². The second-order valence-corrected chi connectivity index (χ2v) is 4.28. The van der Waals surface area contributed by atoms with Gasteiger partial charge in [0.25, 0.3) is 0 Å². The van der Waals surface area contributed by atoms with Gasteiger partial charge in [-0.2, -0.15) is 0 Å². The SMILES string of the molecule is O=C1C[C@H](c2ccc3c(c2)OCO3)[C@H](CO)N1. The number of rotatable bonds is 2. The van der Waals surface area contributed by atoms with Gasteiger partial charge in [-0.3, -0.25) is 4.79 Å². The molecule has 0 aliphatic carbocycles. The van der Waals surface area contributed by atoms with Gasteiger partial charge in [-0.1, -0.05) is 6.07 Å². The number of hydrogen-bond donors (Lipinski definition) is 2. The van der Waals surface area contributed by atoms with Crippen LogP contribution in [0.3, 0.4) is 0 Å². The first-order valence-electron chi connectivity index (χ1n) is 5.57. The van der Waals surface area contributed by atoms with E-state index in [1.165, 1.54) is 0 Å². The summed E-state index contributed by atoms with van der Waals surface area (Å²) < 4.78 is 10.5. The number of ether oxygens (including phenoxy) is 2. The third-order valence-corrected chi connectivity index (χ3v) is 3.26. The Morgan fingerprint density at radius 2 is 2.18 bits per heavy atom. The summed E-state index contributed by atoms with van der Waals surface area (Å²) in [6.07, 6.45) is 0.408. The normalized spacial score (nSPS) is 26.1. The average molecular weight is 235 g/mol. The number of nitrogens with one attached hydrogen (secondary N) is 1. The molecule has 5 nitrogen and oxygen atoms in total. The summed E-state index contributed by atoms with van der Waals surface area (Å²) in [6.45, 7) is 0.189. The zero-order valence-corrected chi connectivity index (χ0v) is 9.18. The van der Waals surface area contributed by atoms with E-state index < -0.39 is 0 Å². The van der Waals surface area contributed by atoms with E-state index in [0.717, 1.165) is 11.3 Å². The Morgan fingerprint density at radius 3 is 3.00 bits per heavy atom. The summed E-state index contributed by atoms with van der Waals surface area (Å²) in [6, 6.07) is 5.44. The first-order chi connectivity index (χ1) is 8.28. The maximum absolute atomic E-state index is 11.4. The second-order valence-electron chi connectivity index (χ2n) is 4.28. The largest absolute Gasteiger partial charge is 0.454 e. The van der Waals surface area contributed by atoms with Crippen LogP contribution in [0.5, 0.6) is 11.5 Å². The molecule has 90 valence electrons. The van der Waals surface area contributed by atoms with Crippen molar-refractivity contribution >= 4 is 5.91 Å². The van der Waals surface area contributed by atoms with Crippen LogP contribution in [-0.2, 0) is 4.79 Å². The van der Waals surface area contributed by atoms with E-state index in [1.54, 1.807) is 0 Å². The number of carbonyl (C=O) groups excluding carboxylic acids is 1. The van der Waals surface area contributed by atoms with Crippen molar-refractivity contribution in [1.29, 1.82) is 0 Å². The van der Waals surface area contributed by atoms with Crippen molar-refractivity contribution in [2.75, 3.05) is 13.4 Å². The van der Waals surface area contributed by atoms with Crippen LogP contribution in [0.4, 0.5) is 0 Å². The Morgan fingerprint density at radius 1 is 1.35 bits per heavy atom. The smallest absolute Gasteiger partial charge is 0.231 e. The van der Waals surface area contributed by atoms with Crippen LogP contribution in [0.1, 0.15) is 17.9 Å². The van der Waals surface area contributed by atoms with E-state index in [1.807, 2.05) is 18.2 Å². The number of aliphatic hydroxyl groups excluding tert-OH is 1. The highest BCUT2D eigenvalue weighted by atomic mass is 16.7. The summed E-state index contributed by atoms with van der Waals surface area (Å²) in [5.41, 5.74) is 0.992. The lowest BCUT2D eigenvalue weighted by Gasteiger charge is -2.16. The lowest BCUT2D eigenvalue weighted by atomic mass is 9.92. The van der Waals surface area contributed by atoms with Gasteiger partial charge in [-0.15, -0.1) is 0 Å². The van der Waals surface area contributed by atoms with Gasteiger partial charge in [0.15, 0.2) is 11.5 Å². The van der Waals surface area contributed by atoms with Gasteiger partial charge < -0.3 is 19.9 Å². The predicted molar refractivity (Wildman–Crippen MR) is 58.9 cm³/mol. The minimum absolute atomic E-state index is 0.00185. The Labute approximate surface area is 98.3 Å². The van der Waals surface area contributed by atoms with Crippen LogP contribution in [0, 0.1) is 0 Å². The third kappa shape index (κ3) is 1.72. The van der Waals surface area contributed by atoms with E-state index >= 15 is 0 Å². The Hall–Kier alpha value is -1.75. The van der Waals surface area contributed by atoms with Crippen LogP contribution >= 0.6 is 0 Å². The number of hydrogen-bond acceptors (Lipinski definition) is 4. The van der Waals surface area contributed by atoms with Crippen LogP contribution in [0.25, 0.3) is 0 Å². The molecule has 0 spiro atoms. The minimum Gasteiger partial charge on any atom is -0.454 e. The molecular formula is C12H13NO4. The zero-order chi connectivity index (χ0) is 11.8. The van der Waals surface area contributed by atoms with Crippen molar-refractivity contribution in [3.05, 3.63) is 23.8 Å². The van der Waals surface area contributed by atoms with Crippen LogP contribution in [0.15, 0.2) is 18.2 Å².